The number of aryl methyl sites for hydroxylation is 1. The zero-order valence-corrected chi connectivity index (χ0v) is 31.8. The summed E-state index contributed by atoms with van der Waals surface area (Å²) < 4.78 is 21.0. The van der Waals surface area contributed by atoms with Crippen molar-refractivity contribution in [2.45, 2.75) is 64.3 Å². The highest BCUT2D eigenvalue weighted by Gasteiger charge is 2.45. The minimum atomic E-state index is -1.02. The first-order valence-corrected chi connectivity index (χ1v) is 19.4. The molecule has 56 heavy (non-hydrogen) atoms. The summed E-state index contributed by atoms with van der Waals surface area (Å²) in [7, 11) is 1.59. The number of hydrogen-bond donors (Lipinski definition) is 3. The Bertz CT molecular complexity index is 2240. The van der Waals surface area contributed by atoms with Gasteiger partial charge in [0.25, 0.3) is 11.8 Å². The van der Waals surface area contributed by atoms with Crippen LogP contribution in [0.25, 0.3) is 11.3 Å². The molecule has 2 fully saturated rings. The molecule has 7 rings (SSSR count). The minimum absolute atomic E-state index is 0.0213. The third-order valence-electron chi connectivity index (χ3n) is 10.0. The first kappa shape index (κ1) is 38.3. The number of rotatable bonds is 15. The van der Waals surface area contributed by atoms with Crippen LogP contribution < -0.4 is 25.6 Å². The van der Waals surface area contributed by atoms with Crippen molar-refractivity contribution in [2.24, 2.45) is 5.92 Å². The molecular weight excluding hydrogens is 740 g/mol. The summed E-state index contributed by atoms with van der Waals surface area (Å²) in [5.41, 5.74) is 3.09. The van der Waals surface area contributed by atoms with Crippen LogP contribution in [-0.2, 0) is 25.6 Å². The minimum Gasteiger partial charge on any atom is -0.494 e. The number of thiazole rings is 1. The zero-order chi connectivity index (χ0) is 39.5. The SMILES string of the molecule is Cc1sc(NC(=O)Cc2cccc(OCCCCCNc3cccc4c3C(=O)N(C3CCC(=O)NC3=O)C4=O)c2)nc1-c1ccc(N(C)C(=O)C2CC2)c(F)c1. The number of unbranched alkanes of at least 4 members (excludes halogenated alkanes) is 2. The maximum Gasteiger partial charge on any atom is 0.264 e. The lowest BCUT2D eigenvalue weighted by Gasteiger charge is -2.27. The van der Waals surface area contributed by atoms with Crippen molar-refractivity contribution in [1.82, 2.24) is 15.2 Å². The molecule has 3 heterocycles. The van der Waals surface area contributed by atoms with Gasteiger partial charge in [-0.3, -0.25) is 39.0 Å². The highest BCUT2D eigenvalue weighted by Crippen LogP contribution is 2.36. The molecule has 15 heteroatoms. The summed E-state index contributed by atoms with van der Waals surface area (Å²) in [6, 6.07) is 16.0. The molecule has 1 saturated heterocycles. The number of nitrogens with zero attached hydrogens (tertiary/aromatic N) is 3. The lowest BCUT2D eigenvalue weighted by molar-refractivity contribution is -0.136. The molecule has 3 N–H and O–H groups in total. The quantitative estimate of drug-likeness (QED) is 0.0988. The summed E-state index contributed by atoms with van der Waals surface area (Å²) in [4.78, 5) is 83.4. The number of carbonyl (C=O) groups is 6. The molecule has 0 spiro atoms. The van der Waals surface area contributed by atoms with Crippen molar-refractivity contribution in [3.8, 4) is 17.0 Å². The number of hydrogen-bond acceptors (Lipinski definition) is 10. The predicted molar refractivity (Wildman–Crippen MR) is 208 cm³/mol. The summed E-state index contributed by atoms with van der Waals surface area (Å²) in [6.45, 7) is 2.86. The molecule has 6 amide bonds. The van der Waals surface area contributed by atoms with Crippen LogP contribution in [0.4, 0.5) is 20.9 Å². The van der Waals surface area contributed by atoms with Crippen molar-refractivity contribution in [1.29, 1.82) is 0 Å². The highest BCUT2D eigenvalue weighted by molar-refractivity contribution is 7.16. The first-order chi connectivity index (χ1) is 27.0. The lowest BCUT2D eigenvalue weighted by atomic mass is 10.0. The van der Waals surface area contributed by atoms with Crippen molar-refractivity contribution in [3.05, 3.63) is 88.0 Å². The molecule has 0 bridgehead atoms. The van der Waals surface area contributed by atoms with Crippen molar-refractivity contribution in [3.63, 3.8) is 0 Å². The number of imide groups is 2. The second-order valence-corrected chi connectivity index (χ2v) is 15.3. The predicted octanol–water partition coefficient (Wildman–Crippen LogP) is 5.87. The largest absolute Gasteiger partial charge is 0.494 e. The Kier molecular flexibility index (Phi) is 11.2. The Labute approximate surface area is 326 Å². The Hall–Kier alpha value is -5.96. The van der Waals surface area contributed by atoms with Crippen LogP contribution in [-0.4, -0.2) is 71.6 Å². The highest BCUT2D eigenvalue weighted by atomic mass is 32.1. The van der Waals surface area contributed by atoms with Crippen molar-refractivity contribution >= 4 is 63.3 Å². The van der Waals surface area contributed by atoms with Gasteiger partial charge < -0.3 is 20.3 Å². The fraction of sp³-hybridized carbons (Fsp3) is 0.341. The standard InChI is InChI=1S/C41H41FN6O7S/c1-23-36(26-14-15-31(29(42)22-26)47(2)38(52)25-12-13-25)46-41(56-23)45-34(50)21-24-8-6-9-27(20-24)55-19-5-3-4-18-43-30-11-7-10-28-35(30)40(54)48(39(28)53)32-16-17-33(49)44-37(32)51/h6-11,14-15,20,22,25,32,43H,3-5,12-13,16-19,21H2,1-2H3,(H,44,49,51)(H,45,46,50). The molecule has 3 aromatic carbocycles. The number of ether oxygens (including phenoxy) is 1. The van der Waals surface area contributed by atoms with Gasteiger partial charge >= 0.3 is 0 Å². The van der Waals surface area contributed by atoms with E-state index in [0.29, 0.717) is 41.0 Å². The smallest absolute Gasteiger partial charge is 0.264 e. The molecule has 3 aliphatic rings. The molecule has 290 valence electrons. The number of fused-ring (bicyclic) bond motifs is 1. The number of halogens is 1. The van der Waals surface area contributed by atoms with Gasteiger partial charge in [0, 0.05) is 42.1 Å². The number of aromatic nitrogens is 1. The van der Waals surface area contributed by atoms with E-state index < -0.39 is 35.5 Å². The number of amides is 6. The number of nitrogens with one attached hydrogen (secondary N) is 3. The fourth-order valence-corrected chi connectivity index (χ4v) is 7.79. The monoisotopic (exact) mass is 780 g/mol. The van der Waals surface area contributed by atoms with Gasteiger partial charge in [-0.05, 0) is 87.4 Å². The van der Waals surface area contributed by atoms with Crippen LogP contribution in [0, 0.1) is 18.7 Å². The Morgan fingerprint density at radius 2 is 1.80 bits per heavy atom. The Morgan fingerprint density at radius 1 is 1.00 bits per heavy atom. The van der Waals surface area contributed by atoms with Crippen LogP contribution in [0.2, 0.25) is 0 Å². The van der Waals surface area contributed by atoms with E-state index in [4.69, 9.17) is 4.74 Å². The van der Waals surface area contributed by atoms with Crippen molar-refractivity contribution < 1.29 is 37.9 Å². The Morgan fingerprint density at radius 3 is 2.57 bits per heavy atom. The second kappa shape index (κ2) is 16.4. The van der Waals surface area contributed by atoms with E-state index >= 15 is 4.39 Å². The number of anilines is 3. The van der Waals surface area contributed by atoms with E-state index in [-0.39, 0.29) is 53.8 Å². The van der Waals surface area contributed by atoms with Gasteiger partial charge in [0.2, 0.25) is 23.6 Å². The molecule has 2 aliphatic heterocycles. The summed E-state index contributed by atoms with van der Waals surface area (Å²) in [5, 5.41) is 8.72. The molecule has 1 unspecified atom stereocenters. The van der Waals surface area contributed by atoms with Gasteiger partial charge in [0.1, 0.15) is 17.6 Å². The second-order valence-electron chi connectivity index (χ2n) is 14.1. The Balaban J connectivity index is 0.846. The van der Waals surface area contributed by atoms with E-state index in [0.717, 1.165) is 47.4 Å². The van der Waals surface area contributed by atoms with Gasteiger partial charge in [-0.25, -0.2) is 9.37 Å². The summed E-state index contributed by atoms with van der Waals surface area (Å²) >= 11 is 1.30. The molecule has 1 saturated carbocycles. The molecule has 1 atom stereocenters. The van der Waals surface area contributed by atoms with E-state index in [1.807, 2.05) is 31.2 Å². The normalized spacial score (nSPS) is 16.4. The molecule has 4 aromatic rings. The zero-order valence-electron chi connectivity index (χ0n) is 31.0. The van der Waals surface area contributed by atoms with Gasteiger partial charge in [-0.1, -0.05) is 24.3 Å². The molecular formula is C41H41FN6O7S. The van der Waals surface area contributed by atoms with Gasteiger partial charge in [0.15, 0.2) is 5.13 Å². The molecule has 1 aliphatic carbocycles. The molecule has 1 aromatic heterocycles. The van der Waals surface area contributed by atoms with Gasteiger partial charge in [0.05, 0.1) is 35.5 Å². The van der Waals surface area contributed by atoms with E-state index in [9.17, 15) is 28.8 Å². The fourth-order valence-electron chi connectivity index (χ4n) is 6.94. The van der Waals surface area contributed by atoms with Gasteiger partial charge in [-0.2, -0.15) is 0 Å². The number of benzene rings is 3. The lowest BCUT2D eigenvalue weighted by Crippen LogP contribution is -2.54. The number of carbonyl (C=O) groups excluding carboxylic acids is 6. The third-order valence-corrected chi connectivity index (χ3v) is 10.9. The van der Waals surface area contributed by atoms with Crippen LogP contribution in [0.1, 0.15) is 76.1 Å². The van der Waals surface area contributed by atoms with Crippen LogP contribution in [0.5, 0.6) is 5.75 Å². The summed E-state index contributed by atoms with van der Waals surface area (Å²) in [6.07, 6.45) is 4.28. The average molecular weight is 781 g/mol. The number of piperidine rings is 1. The summed E-state index contributed by atoms with van der Waals surface area (Å²) in [5.74, 6) is -2.39. The van der Waals surface area contributed by atoms with Crippen LogP contribution >= 0.6 is 11.3 Å². The van der Waals surface area contributed by atoms with Gasteiger partial charge in [-0.15, -0.1) is 11.3 Å². The van der Waals surface area contributed by atoms with E-state index in [1.54, 1.807) is 37.4 Å². The molecule has 13 nitrogen and oxygen atoms in total. The van der Waals surface area contributed by atoms with Crippen LogP contribution in [0.3, 0.4) is 0 Å². The third kappa shape index (κ3) is 8.32. The topological polar surface area (TPSA) is 167 Å². The van der Waals surface area contributed by atoms with Crippen LogP contribution in [0.15, 0.2) is 60.7 Å². The molecule has 0 radical (unpaired) electrons. The first-order valence-electron chi connectivity index (χ1n) is 18.6. The maximum atomic E-state index is 15.1. The average Bonchev–Trinajstić information content (AvgIpc) is 3.91. The van der Waals surface area contributed by atoms with Crippen molar-refractivity contribution in [2.75, 3.05) is 35.7 Å². The van der Waals surface area contributed by atoms with E-state index in [2.05, 4.69) is 20.9 Å². The maximum absolute atomic E-state index is 15.1. The van der Waals surface area contributed by atoms with E-state index in [1.165, 1.54) is 22.3 Å².